The van der Waals surface area contributed by atoms with Crippen molar-refractivity contribution in [3.05, 3.63) is 30.3 Å². The third-order valence-electron chi connectivity index (χ3n) is 4.64. The monoisotopic (exact) mass is 288 g/mol. The van der Waals surface area contributed by atoms with Crippen LogP contribution in [0.3, 0.4) is 0 Å². The van der Waals surface area contributed by atoms with Crippen molar-refractivity contribution in [2.75, 3.05) is 18.4 Å². The van der Waals surface area contributed by atoms with Crippen molar-refractivity contribution in [1.82, 2.24) is 4.90 Å². The van der Waals surface area contributed by atoms with Crippen molar-refractivity contribution >= 4 is 17.6 Å². The van der Waals surface area contributed by atoms with Crippen LogP contribution in [0.25, 0.3) is 0 Å². The molecule has 1 heterocycles. The summed E-state index contributed by atoms with van der Waals surface area (Å²) in [6.45, 7) is 0.878. The summed E-state index contributed by atoms with van der Waals surface area (Å²) < 4.78 is 0. The van der Waals surface area contributed by atoms with Gasteiger partial charge in [-0.1, -0.05) is 24.6 Å². The van der Waals surface area contributed by atoms with Gasteiger partial charge in [-0.3, -0.25) is 14.5 Å². The van der Waals surface area contributed by atoms with Gasteiger partial charge in [0, 0.05) is 12.2 Å². The number of hydrogen-bond acceptors (Lipinski definition) is 3. The average molecular weight is 288 g/mol. The number of para-hydroxylation sites is 1. The van der Waals surface area contributed by atoms with E-state index < -0.39 is 12.0 Å². The lowest BCUT2D eigenvalue weighted by atomic mass is 9.94. The molecule has 0 aromatic heterocycles. The first-order valence-corrected chi connectivity index (χ1v) is 7.47. The lowest BCUT2D eigenvalue weighted by molar-refractivity contribution is -0.143. The van der Waals surface area contributed by atoms with Crippen molar-refractivity contribution in [3.8, 4) is 0 Å². The number of carboxylic acids is 1. The highest BCUT2D eigenvalue weighted by atomic mass is 16.4. The summed E-state index contributed by atoms with van der Waals surface area (Å²) in [6, 6.07) is 8.75. The van der Waals surface area contributed by atoms with E-state index in [1.165, 1.54) is 0 Å². The number of carbonyl (C=O) groups excluding carboxylic acids is 1. The number of aliphatic carboxylic acids is 1. The van der Waals surface area contributed by atoms with Crippen molar-refractivity contribution in [2.24, 2.45) is 11.8 Å². The van der Waals surface area contributed by atoms with Crippen LogP contribution in [0.15, 0.2) is 30.3 Å². The molecule has 0 bridgehead atoms. The standard InChI is InChI=1S/C16H20N2O3/c19-14(17-12-6-2-1-3-7-12)10-18-9-11-5-4-8-13(11)15(18)16(20)21/h1-3,6-7,11,13,15H,4-5,8-10H2,(H,17,19)(H,20,21). The molecule has 1 aliphatic heterocycles. The largest absolute Gasteiger partial charge is 0.480 e. The van der Waals surface area contributed by atoms with Gasteiger partial charge >= 0.3 is 5.97 Å². The van der Waals surface area contributed by atoms with E-state index in [-0.39, 0.29) is 18.4 Å². The van der Waals surface area contributed by atoms with E-state index in [9.17, 15) is 14.7 Å². The normalized spacial score (nSPS) is 28.3. The number of amides is 1. The maximum absolute atomic E-state index is 12.1. The van der Waals surface area contributed by atoms with Gasteiger partial charge in [-0.25, -0.2) is 0 Å². The molecule has 2 aliphatic rings. The lowest BCUT2D eigenvalue weighted by Crippen LogP contribution is -2.43. The van der Waals surface area contributed by atoms with Gasteiger partial charge in [0.15, 0.2) is 0 Å². The SMILES string of the molecule is O=C(CN1CC2CCCC2C1C(=O)O)Nc1ccccc1. The van der Waals surface area contributed by atoms with E-state index in [4.69, 9.17) is 0 Å². The van der Waals surface area contributed by atoms with Crippen LogP contribution in [0.5, 0.6) is 0 Å². The molecule has 1 aromatic rings. The minimum Gasteiger partial charge on any atom is -0.480 e. The Hall–Kier alpha value is -1.88. The molecule has 3 unspecified atom stereocenters. The minimum atomic E-state index is -0.795. The highest BCUT2D eigenvalue weighted by molar-refractivity contribution is 5.92. The highest BCUT2D eigenvalue weighted by Gasteiger charge is 2.47. The zero-order chi connectivity index (χ0) is 14.8. The van der Waals surface area contributed by atoms with Crippen LogP contribution in [0, 0.1) is 11.8 Å². The first-order valence-electron chi connectivity index (χ1n) is 7.47. The molecule has 1 aliphatic carbocycles. The van der Waals surface area contributed by atoms with Crippen molar-refractivity contribution in [2.45, 2.75) is 25.3 Å². The molecule has 0 spiro atoms. The van der Waals surface area contributed by atoms with Gasteiger partial charge in [-0.2, -0.15) is 0 Å². The predicted octanol–water partition coefficient (Wildman–Crippen LogP) is 1.81. The first-order chi connectivity index (χ1) is 10.1. The zero-order valence-corrected chi connectivity index (χ0v) is 11.9. The van der Waals surface area contributed by atoms with E-state index in [0.29, 0.717) is 5.92 Å². The Bertz CT molecular complexity index is 532. The van der Waals surface area contributed by atoms with Gasteiger partial charge in [0.05, 0.1) is 6.54 Å². The van der Waals surface area contributed by atoms with E-state index in [2.05, 4.69) is 5.32 Å². The molecular weight excluding hydrogens is 268 g/mol. The summed E-state index contributed by atoms with van der Waals surface area (Å²) in [5, 5.41) is 12.3. The van der Waals surface area contributed by atoms with Gasteiger partial charge < -0.3 is 10.4 Å². The summed E-state index contributed by atoms with van der Waals surface area (Å²) in [5.74, 6) is -0.285. The van der Waals surface area contributed by atoms with Gasteiger partial charge in [0.2, 0.25) is 5.91 Å². The molecule has 3 rings (SSSR count). The summed E-state index contributed by atoms with van der Waals surface area (Å²) >= 11 is 0. The molecule has 1 saturated carbocycles. The van der Waals surface area contributed by atoms with E-state index in [1.54, 1.807) is 0 Å². The van der Waals surface area contributed by atoms with Crippen LogP contribution in [0.1, 0.15) is 19.3 Å². The second-order valence-electron chi connectivity index (χ2n) is 5.98. The molecule has 2 N–H and O–H groups in total. The van der Waals surface area contributed by atoms with Gasteiger partial charge in [-0.05, 0) is 36.8 Å². The van der Waals surface area contributed by atoms with Crippen LogP contribution >= 0.6 is 0 Å². The van der Waals surface area contributed by atoms with Crippen molar-refractivity contribution < 1.29 is 14.7 Å². The Morgan fingerprint density at radius 1 is 1.24 bits per heavy atom. The lowest BCUT2D eigenvalue weighted by Gasteiger charge is -2.23. The maximum atomic E-state index is 12.1. The van der Waals surface area contributed by atoms with Crippen molar-refractivity contribution in [3.63, 3.8) is 0 Å². The fraction of sp³-hybridized carbons (Fsp3) is 0.500. The molecule has 3 atom stereocenters. The second kappa shape index (κ2) is 5.85. The third-order valence-corrected chi connectivity index (χ3v) is 4.64. The smallest absolute Gasteiger partial charge is 0.321 e. The topological polar surface area (TPSA) is 69.6 Å². The molecular formula is C16H20N2O3. The second-order valence-corrected chi connectivity index (χ2v) is 5.98. The van der Waals surface area contributed by atoms with Crippen LogP contribution < -0.4 is 5.32 Å². The Balaban J connectivity index is 1.64. The molecule has 0 radical (unpaired) electrons. The highest BCUT2D eigenvalue weighted by Crippen LogP contribution is 2.42. The number of hydrogen-bond donors (Lipinski definition) is 2. The molecule has 2 fully saturated rings. The van der Waals surface area contributed by atoms with Crippen LogP contribution in [-0.4, -0.2) is 41.0 Å². The Kier molecular flexibility index (Phi) is 3.92. The fourth-order valence-electron chi connectivity index (χ4n) is 3.80. The van der Waals surface area contributed by atoms with Gasteiger partial charge in [0.1, 0.15) is 6.04 Å². The maximum Gasteiger partial charge on any atom is 0.321 e. The quantitative estimate of drug-likeness (QED) is 0.886. The Morgan fingerprint density at radius 3 is 2.71 bits per heavy atom. The first kappa shape index (κ1) is 14.1. The predicted molar refractivity (Wildman–Crippen MR) is 78.9 cm³/mol. The van der Waals surface area contributed by atoms with Crippen LogP contribution in [-0.2, 0) is 9.59 Å². The molecule has 5 nitrogen and oxygen atoms in total. The third kappa shape index (κ3) is 2.93. The van der Waals surface area contributed by atoms with Crippen molar-refractivity contribution in [1.29, 1.82) is 0 Å². The number of carboxylic acid groups (broad SMARTS) is 1. The van der Waals surface area contributed by atoms with E-state index in [1.807, 2.05) is 35.2 Å². The fourth-order valence-corrected chi connectivity index (χ4v) is 3.80. The number of benzene rings is 1. The molecule has 112 valence electrons. The van der Waals surface area contributed by atoms with Crippen LogP contribution in [0.4, 0.5) is 5.69 Å². The minimum absolute atomic E-state index is 0.146. The van der Waals surface area contributed by atoms with Gasteiger partial charge in [0.25, 0.3) is 0 Å². The van der Waals surface area contributed by atoms with E-state index in [0.717, 1.165) is 31.5 Å². The summed E-state index contributed by atoms with van der Waals surface area (Å²) in [6.07, 6.45) is 3.17. The number of rotatable bonds is 4. The Morgan fingerprint density at radius 2 is 2.00 bits per heavy atom. The molecule has 21 heavy (non-hydrogen) atoms. The van der Waals surface area contributed by atoms with E-state index >= 15 is 0 Å². The number of likely N-dealkylation sites (tertiary alicyclic amines) is 1. The zero-order valence-electron chi connectivity index (χ0n) is 11.9. The summed E-state index contributed by atoms with van der Waals surface area (Å²) in [5.41, 5.74) is 0.744. The number of carbonyl (C=O) groups is 2. The Labute approximate surface area is 123 Å². The van der Waals surface area contributed by atoms with Gasteiger partial charge in [-0.15, -0.1) is 0 Å². The molecule has 1 amide bonds. The summed E-state index contributed by atoms with van der Waals surface area (Å²) in [7, 11) is 0. The number of nitrogens with zero attached hydrogens (tertiary/aromatic N) is 1. The number of anilines is 1. The average Bonchev–Trinajstić information content (AvgIpc) is 2.99. The molecule has 5 heteroatoms. The van der Waals surface area contributed by atoms with Crippen LogP contribution in [0.2, 0.25) is 0 Å². The number of nitrogens with one attached hydrogen (secondary N) is 1. The summed E-state index contributed by atoms with van der Waals surface area (Å²) in [4.78, 5) is 25.5. The molecule has 1 saturated heterocycles. The molecule has 1 aromatic carbocycles. The number of fused-ring (bicyclic) bond motifs is 1.